The van der Waals surface area contributed by atoms with Gasteiger partial charge in [0, 0.05) is 66.5 Å². The van der Waals surface area contributed by atoms with Gasteiger partial charge in [0.15, 0.2) is 0 Å². The molecule has 3 aromatic heterocycles. The molecule has 0 fully saturated rings. The van der Waals surface area contributed by atoms with Crippen LogP contribution in [0.25, 0.3) is 93.6 Å². The van der Waals surface area contributed by atoms with Gasteiger partial charge in [-0.2, -0.15) is 0 Å². The van der Waals surface area contributed by atoms with Crippen molar-refractivity contribution in [2.24, 2.45) is 0 Å². The molecule has 4 nitrogen and oxygen atoms in total. The molecule has 0 saturated heterocycles. The molecule has 0 saturated carbocycles. The summed E-state index contributed by atoms with van der Waals surface area (Å²) < 4.78 is 7.46. The Morgan fingerprint density at radius 2 is 0.828 bits per heavy atom. The maximum Gasteiger partial charge on any atom is 0.0788 e. The lowest BCUT2D eigenvalue weighted by Gasteiger charge is -2.31. The second-order valence-corrected chi connectivity index (χ2v) is 17.2. The van der Waals surface area contributed by atoms with Gasteiger partial charge in [-0.05, 0) is 71.8 Å². The van der Waals surface area contributed by atoms with Crippen LogP contribution in [-0.2, 0) is 0 Å². The van der Waals surface area contributed by atoms with Crippen LogP contribution in [0.5, 0.6) is 0 Å². The van der Waals surface area contributed by atoms with Crippen LogP contribution in [0.1, 0.15) is 11.5 Å². The lowest BCUT2D eigenvalue weighted by atomic mass is 9.91. The molecule has 9 aromatic carbocycles. The lowest BCUT2D eigenvalue weighted by molar-refractivity contribution is 0.745. The summed E-state index contributed by atoms with van der Waals surface area (Å²) in [6.07, 6.45) is 9.24. The summed E-state index contributed by atoms with van der Waals surface area (Å²) in [6.45, 7) is 0. The minimum Gasteiger partial charge on any atom is -0.331 e. The molecule has 4 heterocycles. The Bertz CT molecular complexity index is 3920. The van der Waals surface area contributed by atoms with Crippen LogP contribution in [0.4, 0.5) is 11.4 Å². The fraction of sp³-hybridized carbons (Fsp3) is 0.0333. The Kier molecular flexibility index (Phi) is 7.48. The van der Waals surface area contributed by atoms with Crippen molar-refractivity contribution in [3.05, 3.63) is 236 Å². The second-order valence-electron chi connectivity index (χ2n) is 17.2. The Labute approximate surface area is 370 Å². The molecule has 2 atom stereocenters. The first-order chi connectivity index (χ1) is 31.8. The number of hydrogen-bond donors (Lipinski definition) is 0. The Hall–Kier alpha value is -8.34. The summed E-state index contributed by atoms with van der Waals surface area (Å²) in [5.41, 5.74) is 16.9. The van der Waals surface area contributed by atoms with Gasteiger partial charge in [0.05, 0.1) is 44.8 Å². The SMILES string of the molecule is C1=CC2c3ccc4c5ccccc5n(-c5ccccc5)c4c3N(c3ccccc3-c3cccc(-n4c5ccccc5c5ccc6c7ccccc7n(-c7ccccc7)c6c54)c3)C2C=C1. The van der Waals surface area contributed by atoms with Crippen LogP contribution in [0, 0.1) is 0 Å². The van der Waals surface area contributed by atoms with Gasteiger partial charge < -0.3 is 18.6 Å². The zero-order chi connectivity index (χ0) is 41.9. The number of para-hydroxylation sites is 6. The molecule has 0 bridgehead atoms. The topological polar surface area (TPSA) is 18.0 Å². The molecule has 0 N–H and O–H groups in total. The number of nitrogens with zero attached hydrogens (tertiary/aromatic N) is 4. The van der Waals surface area contributed by atoms with E-state index in [1.807, 2.05) is 0 Å². The van der Waals surface area contributed by atoms with Gasteiger partial charge >= 0.3 is 0 Å². The van der Waals surface area contributed by atoms with Crippen LogP contribution in [0.3, 0.4) is 0 Å². The molecular weight excluding hydrogens is 777 g/mol. The highest BCUT2D eigenvalue weighted by atomic mass is 15.2. The molecule has 12 aromatic rings. The first kappa shape index (κ1) is 35.3. The predicted octanol–water partition coefficient (Wildman–Crippen LogP) is 15.4. The Morgan fingerprint density at radius 3 is 1.47 bits per heavy atom. The molecular formula is C60H40N4. The van der Waals surface area contributed by atoms with Crippen molar-refractivity contribution < 1.29 is 0 Å². The van der Waals surface area contributed by atoms with Gasteiger partial charge in [-0.25, -0.2) is 0 Å². The minimum atomic E-state index is 0.114. The number of aromatic nitrogens is 3. The summed E-state index contributed by atoms with van der Waals surface area (Å²) in [5.74, 6) is 0.211. The quantitative estimate of drug-likeness (QED) is 0.169. The van der Waals surface area contributed by atoms with Crippen LogP contribution in [-0.4, -0.2) is 19.7 Å². The monoisotopic (exact) mass is 816 g/mol. The van der Waals surface area contributed by atoms with Crippen molar-refractivity contribution in [2.75, 3.05) is 4.90 Å². The average molecular weight is 817 g/mol. The third kappa shape index (κ3) is 4.88. The van der Waals surface area contributed by atoms with Gasteiger partial charge in [0.1, 0.15) is 0 Å². The average Bonchev–Trinajstić information content (AvgIpc) is 4.10. The van der Waals surface area contributed by atoms with Crippen molar-refractivity contribution in [1.29, 1.82) is 0 Å². The number of anilines is 2. The standard InChI is InChI=1S/C60H40N4/c1-3-19-40(20-4-1)61-53-30-13-8-25-44(53)48-34-35-49-46-27-10-15-32-55(46)63(58(49)57(48)61)42-23-17-18-39(38-42)43-24-7-12-29-52(43)64-56-33-16-11-28-47(56)51-37-36-50-45-26-9-14-31-54(45)62(59(50)60(51)64)41-21-5-2-6-22-41/h1-38,47,56H. The molecule has 64 heavy (non-hydrogen) atoms. The summed E-state index contributed by atoms with van der Waals surface area (Å²) in [4.78, 5) is 2.64. The smallest absolute Gasteiger partial charge is 0.0788 e. The van der Waals surface area contributed by atoms with Crippen LogP contribution in [0.15, 0.2) is 231 Å². The number of hydrogen-bond acceptors (Lipinski definition) is 1. The van der Waals surface area contributed by atoms with E-state index >= 15 is 0 Å². The summed E-state index contributed by atoms with van der Waals surface area (Å²) in [6, 6.07) is 76.1. The van der Waals surface area contributed by atoms with Crippen molar-refractivity contribution in [2.45, 2.75) is 12.0 Å². The number of fused-ring (bicyclic) bond motifs is 14. The van der Waals surface area contributed by atoms with E-state index in [2.05, 4.69) is 249 Å². The fourth-order valence-electron chi connectivity index (χ4n) is 11.3. The Balaban J connectivity index is 1.03. The highest BCUT2D eigenvalue weighted by Gasteiger charge is 2.40. The normalized spacial score (nSPS) is 15.7. The first-order valence-electron chi connectivity index (χ1n) is 22.3. The zero-order valence-electron chi connectivity index (χ0n) is 34.9. The van der Waals surface area contributed by atoms with Crippen molar-refractivity contribution in [1.82, 2.24) is 13.7 Å². The largest absolute Gasteiger partial charge is 0.331 e. The van der Waals surface area contributed by atoms with E-state index in [1.165, 1.54) is 93.5 Å². The predicted molar refractivity (Wildman–Crippen MR) is 268 cm³/mol. The summed E-state index contributed by atoms with van der Waals surface area (Å²) in [7, 11) is 0. The highest BCUT2D eigenvalue weighted by molar-refractivity contribution is 6.24. The summed E-state index contributed by atoms with van der Waals surface area (Å²) >= 11 is 0. The molecule has 1 aliphatic heterocycles. The number of rotatable bonds is 5. The van der Waals surface area contributed by atoms with Gasteiger partial charge in [0.2, 0.25) is 0 Å². The van der Waals surface area contributed by atoms with E-state index in [4.69, 9.17) is 0 Å². The van der Waals surface area contributed by atoms with E-state index in [9.17, 15) is 0 Å². The van der Waals surface area contributed by atoms with E-state index < -0.39 is 0 Å². The maximum absolute atomic E-state index is 2.64. The molecule has 4 heteroatoms. The summed E-state index contributed by atoms with van der Waals surface area (Å²) in [5, 5.41) is 7.50. The number of benzene rings is 9. The van der Waals surface area contributed by atoms with E-state index in [-0.39, 0.29) is 12.0 Å². The van der Waals surface area contributed by atoms with E-state index in [1.54, 1.807) is 0 Å². The van der Waals surface area contributed by atoms with Gasteiger partial charge in [-0.1, -0.05) is 170 Å². The van der Waals surface area contributed by atoms with Crippen LogP contribution in [0.2, 0.25) is 0 Å². The number of allylic oxidation sites excluding steroid dienone is 2. The zero-order valence-corrected chi connectivity index (χ0v) is 34.9. The first-order valence-corrected chi connectivity index (χ1v) is 22.3. The molecule has 2 unspecified atom stereocenters. The fourth-order valence-corrected chi connectivity index (χ4v) is 11.3. The van der Waals surface area contributed by atoms with E-state index in [0.717, 1.165) is 17.1 Å². The highest BCUT2D eigenvalue weighted by Crippen LogP contribution is 2.54. The Morgan fingerprint density at radius 1 is 0.344 bits per heavy atom. The molecule has 2 aliphatic rings. The van der Waals surface area contributed by atoms with Crippen LogP contribution < -0.4 is 4.90 Å². The lowest BCUT2D eigenvalue weighted by Crippen LogP contribution is -2.29. The molecule has 1 aliphatic carbocycles. The third-order valence-corrected chi connectivity index (χ3v) is 13.9. The van der Waals surface area contributed by atoms with Crippen molar-refractivity contribution in [3.8, 4) is 28.2 Å². The van der Waals surface area contributed by atoms with Crippen LogP contribution >= 0.6 is 0 Å². The van der Waals surface area contributed by atoms with Gasteiger partial charge in [-0.15, -0.1) is 0 Å². The molecule has 0 radical (unpaired) electrons. The minimum absolute atomic E-state index is 0.114. The van der Waals surface area contributed by atoms with E-state index in [0.29, 0.717) is 0 Å². The molecule has 0 spiro atoms. The van der Waals surface area contributed by atoms with Gasteiger partial charge in [-0.3, -0.25) is 0 Å². The molecule has 0 amide bonds. The molecule has 300 valence electrons. The molecule has 14 rings (SSSR count). The van der Waals surface area contributed by atoms with Crippen molar-refractivity contribution in [3.63, 3.8) is 0 Å². The third-order valence-electron chi connectivity index (χ3n) is 13.9. The maximum atomic E-state index is 2.64. The second kappa shape index (κ2) is 13.6. The van der Waals surface area contributed by atoms with Gasteiger partial charge in [0.25, 0.3) is 0 Å². The van der Waals surface area contributed by atoms with Crippen molar-refractivity contribution >= 4 is 76.8 Å².